The van der Waals surface area contributed by atoms with Crippen molar-refractivity contribution in [3.63, 3.8) is 0 Å². The van der Waals surface area contributed by atoms with Crippen LogP contribution in [0.4, 0.5) is 0 Å². The fourth-order valence-corrected chi connectivity index (χ4v) is 2.26. The molecule has 0 aliphatic heterocycles. The van der Waals surface area contributed by atoms with Crippen LogP contribution in [-0.4, -0.2) is 4.57 Å². The van der Waals surface area contributed by atoms with Crippen molar-refractivity contribution < 1.29 is 0 Å². The minimum atomic E-state index is 0.681. The first-order chi connectivity index (χ1) is 9.33. The van der Waals surface area contributed by atoms with Crippen molar-refractivity contribution in [2.24, 2.45) is 0 Å². The molecule has 0 saturated heterocycles. The summed E-state index contributed by atoms with van der Waals surface area (Å²) in [7, 11) is 0. The van der Waals surface area contributed by atoms with Crippen LogP contribution in [0.5, 0.6) is 0 Å². The molecule has 0 saturated carbocycles. The lowest BCUT2D eigenvalue weighted by molar-refractivity contribution is 0.886. The van der Waals surface area contributed by atoms with E-state index in [0.29, 0.717) is 6.54 Å². The van der Waals surface area contributed by atoms with E-state index in [1.165, 1.54) is 10.9 Å². The van der Waals surface area contributed by atoms with Crippen molar-refractivity contribution in [3.8, 4) is 11.8 Å². The molecule has 0 fully saturated rings. The topological polar surface area (TPSA) is 4.93 Å². The van der Waals surface area contributed by atoms with Gasteiger partial charge in [-0.2, -0.15) is 0 Å². The van der Waals surface area contributed by atoms with E-state index >= 15 is 0 Å². The third kappa shape index (κ3) is 2.65. The molecule has 0 amide bonds. The average Bonchev–Trinajstić information content (AvgIpc) is 2.83. The van der Waals surface area contributed by atoms with E-state index in [1.54, 1.807) is 0 Å². The zero-order valence-corrected chi connectivity index (χ0v) is 11.1. The highest BCUT2D eigenvalue weighted by atomic mass is 35.5. The van der Waals surface area contributed by atoms with Crippen molar-refractivity contribution in [3.05, 3.63) is 71.4 Å². The molecule has 2 heteroatoms. The van der Waals surface area contributed by atoms with Crippen LogP contribution in [0, 0.1) is 11.8 Å². The first-order valence-electron chi connectivity index (χ1n) is 6.11. The Morgan fingerprint density at radius 1 is 1.00 bits per heavy atom. The number of para-hydroxylation sites is 1. The third-order valence-corrected chi connectivity index (χ3v) is 3.22. The van der Waals surface area contributed by atoms with Crippen LogP contribution < -0.4 is 0 Å². The van der Waals surface area contributed by atoms with Crippen LogP contribution in [-0.2, 0) is 6.54 Å². The van der Waals surface area contributed by atoms with Gasteiger partial charge in [0.1, 0.15) is 0 Å². The molecule has 0 aliphatic carbocycles. The van der Waals surface area contributed by atoms with Gasteiger partial charge in [0.2, 0.25) is 0 Å². The molecule has 2 aromatic carbocycles. The molecule has 0 atom stereocenters. The molecule has 19 heavy (non-hydrogen) atoms. The number of hydrogen-bond donors (Lipinski definition) is 0. The van der Waals surface area contributed by atoms with Crippen molar-refractivity contribution in [2.75, 3.05) is 0 Å². The Morgan fingerprint density at radius 3 is 2.79 bits per heavy atom. The molecule has 3 aromatic rings. The summed E-state index contributed by atoms with van der Waals surface area (Å²) >= 11 is 5.93. The molecule has 0 radical (unpaired) electrons. The lowest BCUT2D eigenvalue weighted by Crippen LogP contribution is -1.92. The lowest BCUT2D eigenvalue weighted by Gasteiger charge is -1.98. The Bertz CT molecular complexity index is 774. The number of aromatic nitrogens is 1. The Morgan fingerprint density at radius 2 is 1.89 bits per heavy atom. The molecule has 0 bridgehead atoms. The number of hydrogen-bond acceptors (Lipinski definition) is 0. The summed E-state index contributed by atoms with van der Waals surface area (Å²) in [4.78, 5) is 0. The predicted molar refractivity (Wildman–Crippen MR) is 80.3 cm³/mol. The van der Waals surface area contributed by atoms with E-state index < -0.39 is 0 Å². The summed E-state index contributed by atoms with van der Waals surface area (Å²) in [5, 5.41) is 1.96. The van der Waals surface area contributed by atoms with Crippen molar-refractivity contribution in [1.82, 2.24) is 4.57 Å². The largest absolute Gasteiger partial charge is 0.336 e. The molecule has 92 valence electrons. The summed E-state index contributed by atoms with van der Waals surface area (Å²) in [6, 6.07) is 18.0. The molecule has 1 nitrogen and oxygen atoms in total. The van der Waals surface area contributed by atoms with Gasteiger partial charge in [0, 0.05) is 22.3 Å². The van der Waals surface area contributed by atoms with Crippen molar-refractivity contribution in [2.45, 2.75) is 6.54 Å². The van der Waals surface area contributed by atoms with Gasteiger partial charge < -0.3 is 4.57 Å². The van der Waals surface area contributed by atoms with Crippen LogP contribution >= 0.6 is 11.6 Å². The summed E-state index contributed by atoms with van der Waals surface area (Å²) in [6.07, 6.45) is 2.07. The van der Waals surface area contributed by atoms with E-state index in [4.69, 9.17) is 11.6 Å². The maximum Gasteiger partial charge on any atom is 0.0841 e. The quantitative estimate of drug-likeness (QED) is 0.577. The second kappa shape index (κ2) is 5.22. The Labute approximate surface area is 117 Å². The van der Waals surface area contributed by atoms with E-state index in [0.717, 1.165) is 10.6 Å². The maximum absolute atomic E-state index is 5.93. The maximum atomic E-state index is 5.93. The fourth-order valence-electron chi connectivity index (χ4n) is 2.07. The van der Waals surface area contributed by atoms with Gasteiger partial charge >= 0.3 is 0 Å². The SMILES string of the molecule is Clc1cccc(C#CCn2ccc3ccccc32)c1. The Balaban J connectivity index is 1.84. The summed E-state index contributed by atoms with van der Waals surface area (Å²) < 4.78 is 2.15. The van der Waals surface area contributed by atoms with E-state index in [-0.39, 0.29) is 0 Å². The molecule has 0 N–H and O–H groups in total. The Hall–Kier alpha value is -2.17. The van der Waals surface area contributed by atoms with Crippen LogP contribution in [0.25, 0.3) is 10.9 Å². The summed E-state index contributed by atoms with van der Waals surface area (Å²) in [6.45, 7) is 0.681. The highest BCUT2D eigenvalue weighted by Crippen LogP contribution is 2.14. The van der Waals surface area contributed by atoms with E-state index in [2.05, 4.69) is 40.8 Å². The monoisotopic (exact) mass is 265 g/mol. The van der Waals surface area contributed by atoms with Gasteiger partial charge in [0.25, 0.3) is 0 Å². The predicted octanol–water partition coefficient (Wildman–Crippen LogP) is 4.35. The highest BCUT2D eigenvalue weighted by Gasteiger charge is 1.97. The van der Waals surface area contributed by atoms with Gasteiger partial charge in [-0.05, 0) is 35.7 Å². The first-order valence-corrected chi connectivity index (χ1v) is 6.49. The standard InChI is InChI=1S/C17H12ClN/c18-16-8-3-5-14(13-16)6-4-11-19-12-10-15-7-1-2-9-17(15)19/h1-3,5,7-10,12-13H,11H2. The number of halogens is 1. The lowest BCUT2D eigenvalue weighted by atomic mass is 10.2. The van der Waals surface area contributed by atoms with Crippen molar-refractivity contribution >= 4 is 22.5 Å². The second-order valence-electron chi connectivity index (χ2n) is 4.31. The summed E-state index contributed by atoms with van der Waals surface area (Å²) in [5.74, 6) is 6.31. The van der Waals surface area contributed by atoms with Gasteiger partial charge in [0.05, 0.1) is 6.54 Å². The van der Waals surface area contributed by atoms with Crippen molar-refractivity contribution in [1.29, 1.82) is 0 Å². The first kappa shape index (κ1) is 11.9. The fraction of sp³-hybridized carbons (Fsp3) is 0.0588. The van der Waals surface area contributed by atoms with Crippen LogP contribution in [0.1, 0.15) is 5.56 Å². The van der Waals surface area contributed by atoms with Gasteiger partial charge in [0.15, 0.2) is 0 Å². The van der Waals surface area contributed by atoms with Gasteiger partial charge in [-0.1, -0.05) is 47.7 Å². The van der Waals surface area contributed by atoms with Crippen LogP contribution in [0.2, 0.25) is 5.02 Å². The van der Waals surface area contributed by atoms with Gasteiger partial charge in [-0.25, -0.2) is 0 Å². The molecular formula is C17H12ClN. The molecule has 0 aliphatic rings. The molecular weight excluding hydrogens is 254 g/mol. The zero-order chi connectivity index (χ0) is 13.1. The van der Waals surface area contributed by atoms with Gasteiger partial charge in [-0.3, -0.25) is 0 Å². The number of rotatable bonds is 1. The van der Waals surface area contributed by atoms with Crippen LogP contribution in [0.3, 0.4) is 0 Å². The smallest absolute Gasteiger partial charge is 0.0841 e. The van der Waals surface area contributed by atoms with Crippen LogP contribution in [0.15, 0.2) is 60.8 Å². The molecule has 1 aromatic heterocycles. The average molecular weight is 266 g/mol. The summed E-state index contributed by atoms with van der Waals surface area (Å²) in [5.41, 5.74) is 2.16. The third-order valence-electron chi connectivity index (χ3n) is 2.99. The number of fused-ring (bicyclic) bond motifs is 1. The number of nitrogens with zero attached hydrogens (tertiary/aromatic N) is 1. The van der Waals surface area contributed by atoms with E-state index in [1.807, 2.05) is 36.4 Å². The Kier molecular flexibility index (Phi) is 3.27. The molecule has 1 heterocycles. The molecule has 3 rings (SSSR count). The van der Waals surface area contributed by atoms with E-state index in [9.17, 15) is 0 Å². The number of benzene rings is 2. The normalized spacial score (nSPS) is 10.2. The molecule has 0 unspecified atom stereocenters. The van der Waals surface area contributed by atoms with Gasteiger partial charge in [-0.15, -0.1) is 0 Å². The molecule has 0 spiro atoms. The minimum absolute atomic E-state index is 0.681. The second-order valence-corrected chi connectivity index (χ2v) is 4.75. The minimum Gasteiger partial charge on any atom is -0.336 e. The highest BCUT2D eigenvalue weighted by molar-refractivity contribution is 6.30. The zero-order valence-electron chi connectivity index (χ0n) is 10.3.